The first-order chi connectivity index (χ1) is 8.33. The number of ether oxygens (including phenoxy) is 2. The van der Waals surface area contributed by atoms with Gasteiger partial charge in [0.15, 0.2) is 11.5 Å². The van der Waals surface area contributed by atoms with Gasteiger partial charge in [-0.25, -0.2) is 4.39 Å². The van der Waals surface area contributed by atoms with Crippen molar-refractivity contribution < 1.29 is 23.8 Å². The van der Waals surface area contributed by atoms with Gasteiger partial charge in [-0.3, -0.25) is 4.79 Å². The van der Waals surface area contributed by atoms with E-state index in [0.717, 1.165) is 0 Å². The number of benzene rings is 1. The molecule has 1 aliphatic heterocycles. The van der Waals surface area contributed by atoms with Crippen molar-refractivity contribution >= 4 is 21.9 Å². The highest BCUT2D eigenvalue weighted by Crippen LogP contribution is 2.44. The first-order valence-electron chi connectivity index (χ1n) is 5.33. The van der Waals surface area contributed by atoms with Gasteiger partial charge in [-0.1, -0.05) is 0 Å². The maximum absolute atomic E-state index is 13.9. The number of carboxylic acids is 1. The molecule has 0 atom stereocenters. The summed E-state index contributed by atoms with van der Waals surface area (Å²) in [5.41, 5.74) is -0.775. The largest absolute Gasteiger partial charge is 0.481 e. The van der Waals surface area contributed by atoms with Crippen molar-refractivity contribution in [3.8, 4) is 11.5 Å². The molecule has 0 amide bonds. The summed E-state index contributed by atoms with van der Waals surface area (Å²) in [5.74, 6) is -0.726. The van der Waals surface area contributed by atoms with Gasteiger partial charge >= 0.3 is 5.97 Å². The Kier molecular flexibility index (Phi) is 3.23. The highest BCUT2D eigenvalue weighted by Gasteiger charge is 2.32. The Balaban J connectivity index is 2.43. The summed E-state index contributed by atoms with van der Waals surface area (Å²) < 4.78 is 24.7. The van der Waals surface area contributed by atoms with Gasteiger partial charge < -0.3 is 14.6 Å². The Hall–Kier alpha value is -1.30. The third kappa shape index (κ3) is 2.16. The molecule has 1 aliphatic rings. The summed E-state index contributed by atoms with van der Waals surface area (Å²) in [5, 5.41) is 9.08. The summed E-state index contributed by atoms with van der Waals surface area (Å²) in [7, 11) is 0. The maximum Gasteiger partial charge on any atom is 0.309 e. The van der Waals surface area contributed by atoms with E-state index in [2.05, 4.69) is 15.9 Å². The molecule has 0 unspecified atom stereocenters. The molecule has 0 saturated heterocycles. The Labute approximate surface area is 112 Å². The molecule has 1 N–H and O–H groups in total. The number of rotatable bonds is 3. The van der Waals surface area contributed by atoms with Crippen LogP contribution in [0.1, 0.15) is 19.4 Å². The van der Waals surface area contributed by atoms with Crippen LogP contribution >= 0.6 is 15.9 Å². The molecule has 1 aromatic carbocycles. The van der Waals surface area contributed by atoms with Crippen molar-refractivity contribution in [3.05, 3.63) is 21.9 Å². The number of carbonyl (C=O) groups is 1. The normalized spacial score (nSPS) is 13.8. The van der Waals surface area contributed by atoms with E-state index in [1.807, 2.05) is 0 Å². The number of fused-ring (bicyclic) bond motifs is 1. The number of carboxylic acid groups (broad SMARTS) is 1. The number of aliphatic carboxylic acids is 1. The van der Waals surface area contributed by atoms with Crippen LogP contribution in [-0.4, -0.2) is 17.9 Å². The number of hydrogen-bond donors (Lipinski definition) is 1. The van der Waals surface area contributed by atoms with Crippen LogP contribution in [0.4, 0.5) is 4.39 Å². The SMILES string of the molecule is CC(C)(Cc1c(F)cc2c(c1Br)OCO2)C(=O)O. The predicted molar refractivity (Wildman–Crippen MR) is 65.3 cm³/mol. The smallest absolute Gasteiger partial charge is 0.309 e. The van der Waals surface area contributed by atoms with Gasteiger partial charge in [0.05, 0.1) is 9.89 Å². The Morgan fingerprint density at radius 2 is 2.22 bits per heavy atom. The summed E-state index contributed by atoms with van der Waals surface area (Å²) in [4.78, 5) is 11.1. The van der Waals surface area contributed by atoms with Crippen molar-refractivity contribution in [1.29, 1.82) is 0 Å². The van der Waals surface area contributed by atoms with Crippen LogP contribution in [0.15, 0.2) is 10.5 Å². The Bertz CT molecular complexity index is 513. The first kappa shape index (κ1) is 13.1. The van der Waals surface area contributed by atoms with Crippen molar-refractivity contribution in [2.75, 3.05) is 6.79 Å². The van der Waals surface area contributed by atoms with Gasteiger partial charge in [0.25, 0.3) is 0 Å². The van der Waals surface area contributed by atoms with Crippen molar-refractivity contribution in [1.82, 2.24) is 0 Å². The van der Waals surface area contributed by atoms with Crippen LogP contribution in [0.25, 0.3) is 0 Å². The van der Waals surface area contributed by atoms with E-state index in [1.165, 1.54) is 6.07 Å². The molecule has 18 heavy (non-hydrogen) atoms. The molecule has 1 aromatic rings. The average Bonchev–Trinajstić information content (AvgIpc) is 2.72. The van der Waals surface area contributed by atoms with Crippen molar-refractivity contribution in [2.45, 2.75) is 20.3 Å². The second-order valence-electron chi connectivity index (χ2n) is 4.75. The van der Waals surface area contributed by atoms with Crippen LogP contribution in [-0.2, 0) is 11.2 Å². The van der Waals surface area contributed by atoms with E-state index in [4.69, 9.17) is 14.6 Å². The molecule has 4 nitrogen and oxygen atoms in total. The minimum absolute atomic E-state index is 0.0408. The predicted octanol–water partition coefficient (Wildman–Crippen LogP) is 2.97. The second kappa shape index (κ2) is 4.42. The van der Waals surface area contributed by atoms with Crippen LogP contribution in [0.3, 0.4) is 0 Å². The zero-order valence-electron chi connectivity index (χ0n) is 9.92. The Morgan fingerprint density at radius 1 is 1.56 bits per heavy atom. The summed E-state index contributed by atoms with van der Waals surface area (Å²) >= 11 is 3.25. The zero-order chi connectivity index (χ0) is 13.5. The van der Waals surface area contributed by atoms with Crippen LogP contribution in [0, 0.1) is 11.2 Å². The molecule has 0 spiro atoms. The van der Waals surface area contributed by atoms with Gasteiger partial charge in [0.2, 0.25) is 6.79 Å². The fourth-order valence-electron chi connectivity index (χ4n) is 1.69. The number of hydrogen-bond acceptors (Lipinski definition) is 3. The van der Waals surface area contributed by atoms with Gasteiger partial charge in [0, 0.05) is 11.6 Å². The molecule has 0 bridgehead atoms. The van der Waals surface area contributed by atoms with Gasteiger partial charge in [-0.05, 0) is 36.2 Å². The first-order valence-corrected chi connectivity index (χ1v) is 6.12. The van der Waals surface area contributed by atoms with Crippen molar-refractivity contribution in [2.24, 2.45) is 5.41 Å². The van der Waals surface area contributed by atoms with E-state index in [0.29, 0.717) is 16.0 Å². The summed E-state index contributed by atoms with van der Waals surface area (Å²) in [6.07, 6.45) is 0.0609. The standard InChI is InChI=1S/C12H12BrFO4/c1-12(2,11(15)16)4-6-7(14)3-8-10(9(6)13)18-5-17-8/h3H,4-5H2,1-2H3,(H,15,16). The minimum atomic E-state index is -1.06. The van der Waals surface area contributed by atoms with E-state index in [1.54, 1.807) is 13.8 Å². The molecule has 1 heterocycles. The molecule has 98 valence electrons. The molecule has 2 rings (SSSR count). The number of halogens is 2. The van der Waals surface area contributed by atoms with Gasteiger partial charge in [0.1, 0.15) is 5.82 Å². The van der Waals surface area contributed by atoms with Crippen LogP contribution in [0.2, 0.25) is 0 Å². The molecule has 0 radical (unpaired) electrons. The third-order valence-electron chi connectivity index (χ3n) is 2.85. The monoisotopic (exact) mass is 318 g/mol. The fourth-order valence-corrected chi connectivity index (χ4v) is 2.33. The highest BCUT2D eigenvalue weighted by atomic mass is 79.9. The van der Waals surface area contributed by atoms with Gasteiger partial charge in [-0.2, -0.15) is 0 Å². The van der Waals surface area contributed by atoms with Gasteiger partial charge in [-0.15, -0.1) is 0 Å². The van der Waals surface area contributed by atoms with Crippen LogP contribution < -0.4 is 9.47 Å². The highest BCUT2D eigenvalue weighted by molar-refractivity contribution is 9.10. The zero-order valence-corrected chi connectivity index (χ0v) is 11.5. The lowest BCUT2D eigenvalue weighted by Gasteiger charge is -2.20. The average molecular weight is 319 g/mol. The molecule has 6 heteroatoms. The lowest BCUT2D eigenvalue weighted by Crippen LogP contribution is -2.26. The summed E-state index contributed by atoms with van der Waals surface area (Å²) in [6, 6.07) is 1.22. The van der Waals surface area contributed by atoms with E-state index >= 15 is 0 Å². The quantitative estimate of drug-likeness (QED) is 0.931. The fraction of sp³-hybridized carbons (Fsp3) is 0.417. The van der Waals surface area contributed by atoms with E-state index in [9.17, 15) is 9.18 Å². The lowest BCUT2D eigenvalue weighted by atomic mass is 9.85. The third-order valence-corrected chi connectivity index (χ3v) is 3.69. The van der Waals surface area contributed by atoms with E-state index in [-0.39, 0.29) is 18.8 Å². The molecule has 0 aromatic heterocycles. The molecule has 0 aliphatic carbocycles. The van der Waals surface area contributed by atoms with E-state index < -0.39 is 17.2 Å². The molecular weight excluding hydrogens is 307 g/mol. The molecule has 0 saturated carbocycles. The second-order valence-corrected chi connectivity index (χ2v) is 5.54. The van der Waals surface area contributed by atoms with Crippen molar-refractivity contribution in [3.63, 3.8) is 0 Å². The summed E-state index contributed by atoms with van der Waals surface area (Å²) in [6.45, 7) is 3.14. The topological polar surface area (TPSA) is 55.8 Å². The minimum Gasteiger partial charge on any atom is -0.481 e. The Morgan fingerprint density at radius 3 is 2.83 bits per heavy atom. The maximum atomic E-state index is 13.9. The molecule has 0 fully saturated rings. The lowest BCUT2D eigenvalue weighted by molar-refractivity contribution is -0.146. The molecular formula is C12H12BrFO4. The van der Waals surface area contributed by atoms with Crippen LogP contribution in [0.5, 0.6) is 11.5 Å².